The van der Waals surface area contributed by atoms with Crippen molar-refractivity contribution in [1.82, 2.24) is 0 Å². The van der Waals surface area contributed by atoms with Crippen LogP contribution in [0, 0.1) is 6.92 Å². The van der Waals surface area contributed by atoms with Crippen LogP contribution in [-0.2, 0) is 16.6 Å². The summed E-state index contributed by atoms with van der Waals surface area (Å²) in [6.45, 7) is 4.20. The number of hydrogen-bond donors (Lipinski definition) is 1. The van der Waals surface area contributed by atoms with Gasteiger partial charge in [0.2, 0.25) is 0 Å². The summed E-state index contributed by atoms with van der Waals surface area (Å²) in [4.78, 5) is 10.9. The largest absolute Gasteiger partial charge is 0.481 e. The number of benzene rings is 1. The highest BCUT2D eigenvalue weighted by Crippen LogP contribution is 2.52. The van der Waals surface area contributed by atoms with Gasteiger partial charge in [0.25, 0.3) is 0 Å². The van der Waals surface area contributed by atoms with Crippen LogP contribution in [0.2, 0.25) is 0 Å². The maximum Gasteiger partial charge on any atom is 0.304 e. The molecule has 1 aliphatic rings. The number of aryl methyl sites for hydroxylation is 2. The SMILES string of the molecule is CCc1ccc(C)cc1C1(CC(=O)O)CC1. The van der Waals surface area contributed by atoms with E-state index >= 15 is 0 Å². The van der Waals surface area contributed by atoms with E-state index in [0.29, 0.717) is 0 Å². The van der Waals surface area contributed by atoms with E-state index in [-0.39, 0.29) is 11.8 Å². The molecule has 2 nitrogen and oxygen atoms in total. The lowest BCUT2D eigenvalue weighted by atomic mass is 9.86. The first-order valence-electron chi connectivity index (χ1n) is 5.89. The Labute approximate surface area is 96.3 Å². The van der Waals surface area contributed by atoms with Crippen molar-refractivity contribution in [3.8, 4) is 0 Å². The summed E-state index contributed by atoms with van der Waals surface area (Å²) in [5, 5.41) is 8.98. The fourth-order valence-corrected chi connectivity index (χ4v) is 2.47. The zero-order valence-electron chi connectivity index (χ0n) is 9.92. The van der Waals surface area contributed by atoms with E-state index < -0.39 is 5.97 Å². The molecular formula is C14H18O2. The van der Waals surface area contributed by atoms with Crippen molar-refractivity contribution in [2.45, 2.75) is 44.9 Å². The molecule has 0 amide bonds. The predicted molar refractivity (Wildman–Crippen MR) is 63.7 cm³/mol. The molecule has 0 unspecified atom stereocenters. The van der Waals surface area contributed by atoms with Crippen LogP contribution in [-0.4, -0.2) is 11.1 Å². The third kappa shape index (κ3) is 1.97. The van der Waals surface area contributed by atoms with Crippen molar-refractivity contribution in [2.75, 3.05) is 0 Å². The molecule has 1 aromatic carbocycles. The summed E-state index contributed by atoms with van der Waals surface area (Å²) in [6.07, 6.45) is 3.31. The van der Waals surface area contributed by atoms with E-state index in [0.717, 1.165) is 19.3 Å². The Balaban J connectivity index is 2.38. The Morgan fingerprint density at radius 2 is 2.12 bits per heavy atom. The molecule has 0 bridgehead atoms. The van der Waals surface area contributed by atoms with E-state index in [4.69, 9.17) is 5.11 Å². The maximum atomic E-state index is 10.9. The van der Waals surface area contributed by atoms with Gasteiger partial charge in [0.1, 0.15) is 0 Å². The van der Waals surface area contributed by atoms with Gasteiger partial charge in [-0.1, -0.05) is 30.7 Å². The summed E-state index contributed by atoms with van der Waals surface area (Å²) < 4.78 is 0. The van der Waals surface area contributed by atoms with Gasteiger partial charge in [-0.05, 0) is 37.3 Å². The van der Waals surface area contributed by atoms with Crippen LogP contribution in [0.25, 0.3) is 0 Å². The normalized spacial score (nSPS) is 17.1. The van der Waals surface area contributed by atoms with Gasteiger partial charge >= 0.3 is 5.97 Å². The quantitative estimate of drug-likeness (QED) is 0.843. The number of aliphatic carboxylic acids is 1. The lowest BCUT2D eigenvalue weighted by Crippen LogP contribution is -2.15. The zero-order valence-corrected chi connectivity index (χ0v) is 9.92. The van der Waals surface area contributed by atoms with Crippen molar-refractivity contribution in [2.24, 2.45) is 0 Å². The number of carboxylic acid groups (broad SMARTS) is 1. The second-order valence-corrected chi connectivity index (χ2v) is 4.87. The van der Waals surface area contributed by atoms with Gasteiger partial charge in [-0.3, -0.25) is 4.79 Å². The topological polar surface area (TPSA) is 37.3 Å². The summed E-state index contributed by atoms with van der Waals surface area (Å²) in [5.41, 5.74) is 3.76. The first kappa shape index (κ1) is 11.2. The van der Waals surface area contributed by atoms with E-state index in [1.54, 1.807) is 0 Å². The van der Waals surface area contributed by atoms with Crippen LogP contribution >= 0.6 is 0 Å². The molecule has 0 spiro atoms. The average Bonchev–Trinajstić information content (AvgIpc) is 2.98. The molecule has 2 rings (SSSR count). The second-order valence-electron chi connectivity index (χ2n) is 4.87. The molecule has 1 N–H and O–H groups in total. The fraction of sp³-hybridized carbons (Fsp3) is 0.500. The second kappa shape index (κ2) is 3.93. The smallest absolute Gasteiger partial charge is 0.304 e. The molecule has 0 aromatic heterocycles. The van der Waals surface area contributed by atoms with E-state index in [2.05, 4.69) is 32.0 Å². The Morgan fingerprint density at radius 3 is 2.62 bits per heavy atom. The summed E-state index contributed by atoms with van der Waals surface area (Å²) in [7, 11) is 0. The van der Waals surface area contributed by atoms with Crippen molar-refractivity contribution in [3.05, 3.63) is 34.9 Å². The molecule has 0 saturated heterocycles. The lowest BCUT2D eigenvalue weighted by molar-refractivity contribution is -0.137. The molecular weight excluding hydrogens is 200 g/mol. The maximum absolute atomic E-state index is 10.9. The van der Waals surface area contributed by atoms with Crippen LogP contribution in [0.5, 0.6) is 0 Å². The first-order chi connectivity index (χ1) is 7.57. The molecule has 1 fully saturated rings. The number of hydrogen-bond acceptors (Lipinski definition) is 1. The van der Waals surface area contributed by atoms with Gasteiger partial charge in [-0.15, -0.1) is 0 Å². The monoisotopic (exact) mass is 218 g/mol. The highest BCUT2D eigenvalue weighted by Gasteiger charge is 2.46. The minimum atomic E-state index is -0.680. The Morgan fingerprint density at radius 1 is 1.44 bits per heavy atom. The summed E-state index contributed by atoms with van der Waals surface area (Å²) in [6, 6.07) is 6.43. The van der Waals surface area contributed by atoms with E-state index in [1.165, 1.54) is 16.7 Å². The molecule has 86 valence electrons. The lowest BCUT2D eigenvalue weighted by Gasteiger charge is -2.18. The zero-order chi connectivity index (χ0) is 11.8. The molecule has 0 radical (unpaired) electrons. The number of rotatable bonds is 4. The van der Waals surface area contributed by atoms with Crippen LogP contribution < -0.4 is 0 Å². The van der Waals surface area contributed by atoms with Crippen LogP contribution in [0.4, 0.5) is 0 Å². The molecule has 16 heavy (non-hydrogen) atoms. The molecule has 1 aromatic rings. The minimum absolute atomic E-state index is 0.0524. The number of carboxylic acids is 1. The van der Waals surface area contributed by atoms with E-state index in [1.807, 2.05) is 0 Å². The fourth-order valence-electron chi connectivity index (χ4n) is 2.47. The minimum Gasteiger partial charge on any atom is -0.481 e. The summed E-state index contributed by atoms with van der Waals surface area (Å²) >= 11 is 0. The van der Waals surface area contributed by atoms with Crippen molar-refractivity contribution in [3.63, 3.8) is 0 Å². The molecule has 0 heterocycles. The Hall–Kier alpha value is -1.31. The molecule has 2 heteroatoms. The van der Waals surface area contributed by atoms with Gasteiger partial charge in [0, 0.05) is 5.41 Å². The molecule has 1 saturated carbocycles. The van der Waals surface area contributed by atoms with Gasteiger partial charge in [-0.25, -0.2) is 0 Å². The highest BCUT2D eigenvalue weighted by atomic mass is 16.4. The van der Waals surface area contributed by atoms with Crippen molar-refractivity contribution >= 4 is 5.97 Å². The molecule has 0 aliphatic heterocycles. The summed E-state index contributed by atoms with van der Waals surface area (Å²) in [5.74, 6) is -0.680. The van der Waals surface area contributed by atoms with Crippen LogP contribution in [0.3, 0.4) is 0 Å². The third-order valence-corrected chi connectivity index (χ3v) is 3.56. The Bertz CT molecular complexity index is 417. The van der Waals surface area contributed by atoms with Crippen molar-refractivity contribution < 1.29 is 9.90 Å². The number of carbonyl (C=O) groups is 1. The van der Waals surface area contributed by atoms with Gasteiger partial charge in [-0.2, -0.15) is 0 Å². The Kier molecular flexibility index (Phi) is 2.75. The standard InChI is InChI=1S/C14H18O2/c1-3-11-5-4-10(2)8-12(11)14(6-7-14)9-13(15)16/h4-5,8H,3,6-7,9H2,1-2H3,(H,15,16). The van der Waals surface area contributed by atoms with Gasteiger partial charge in [0.05, 0.1) is 6.42 Å². The third-order valence-electron chi connectivity index (χ3n) is 3.56. The van der Waals surface area contributed by atoms with Crippen LogP contribution in [0.15, 0.2) is 18.2 Å². The highest BCUT2D eigenvalue weighted by molar-refractivity contribution is 5.70. The molecule has 1 aliphatic carbocycles. The molecule has 0 atom stereocenters. The van der Waals surface area contributed by atoms with Crippen LogP contribution in [0.1, 0.15) is 42.9 Å². The first-order valence-corrected chi connectivity index (χ1v) is 5.89. The van der Waals surface area contributed by atoms with Crippen molar-refractivity contribution in [1.29, 1.82) is 0 Å². The van der Waals surface area contributed by atoms with E-state index in [9.17, 15) is 4.79 Å². The van der Waals surface area contributed by atoms with Gasteiger partial charge in [0.15, 0.2) is 0 Å². The van der Waals surface area contributed by atoms with Gasteiger partial charge < -0.3 is 5.11 Å². The predicted octanol–water partition coefficient (Wildman–Crippen LogP) is 3.06. The average molecular weight is 218 g/mol.